The van der Waals surface area contributed by atoms with Gasteiger partial charge in [-0.2, -0.15) is 13.2 Å². The Morgan fingerprint density at radius 2 is 1.85 bits per heavy atom. The largest absolute Gasteiger partial charge is 0.416 e. The van der Waals surface area contributed by atoms with Crippen molar-refractivity contribution in [3.8, 4) is 11.1 Å². The molecule has 0 fully saturated rings. The average molecular weight is 284 g/mol. The van der Waals surface area contributed by atoms with Gasteiger partial charge in [0.2, 0.25) is 0 Å². The summed E-state index contributed by atoms with van der Waals surface area (Å²) in [5.74, 6) is -1.68. The summed E-state index contributed by atoms with van der Waals surface area (Å²) >= 11 is 0. The van der Waals surface area contributed by atoms with Crippen LogP contribution in [0.4, 0.5) is 17.6 Å². The minimum atomic E-state index is -4.58. The zero-order chi connectivity index (χ0) is 14.9. The summed E-state index contributed by atoms with van der Waals surface area (Å²) in [5, 5.41) is 0. The molecule has 0 saturated heterocycles. The maximum absolute atomic E-state index is 13.7. The highest BCUT2D eigenvalue weighted by Gasteiger charge is 2.31. The Morgan fingerprint density at radius 1 is 1.15 bits per heavy atom. The average Bonchev–Trinajstić information content (AvgIpc) is 2.38. The van der Waals surface area contributed by atoms with E-state index in [2.05, 4.69) is 4.98 Å². The van der Waals surface area contributed by atoms with Gasteiger partial charge in [0.05, 0.1) is 5.56 Å². The van der Waals surface area contributed by atoms with Crippen molar-refractivity contribution in [1.29, 1.82) is 0 Å². The molecule has 0 spiro atoms. The van der Waals surface area contributed by atoms with E-state index in [-0.39, 0.29) is 16.8 Å². The third-order valence-electron chi connectivity index (χ3n) is 2.62. The van der Waals surface area contributed by atoms with Crippen LogP contribution in [0.1, 0.15) is 16.1 Å². The second-order valence-electron chi connectivity index (χ2n) is 3.99. The van der Waals surface area contributed by atoms with Gasteiger partial charge in [0, 0.05) is 11.8 Å². The van der Waals surface area contributed by atoms with Crippen LogP contribution in [0.3, 0.4) is 0 Å². The Morgan fingerprint density at radius 3 is 2.45 bits per heavy atom. The van der Waals surface area contributed by atoms with E-state index < -0.39 is 23.5 Å². The normalized spacial score (nSPS) is 11.4. The standard InChI is InChI=1S/C13H8F4N2O/c14-10-2-1-8(13(15,16)17)6-9(10)7-3-4-19-11(5-7)12(18)20/h1-6H,(H2,18,20). The Balaban J connectivity index is 2.57. The summed E-state index contributed by atoms with van der Waals surface area (Å²) in [7, 11) is 0. The van der Waals surface area contributed by atoms with Gasteiger partial charge in [-0.05, 0) is 35.9 Å². The van der Waals surface area contributed by atoms with Crippen molar-refractivity contribution in [1.82, 2.24) is 4.98 Å². The zero-order valence-corrected chi connectivity index (χ0v) is 9.91. The molecule has 0 aliphatic heterocycles. The van der Waals surface area contributed by atoms with Gasteiger partial charge in [0.25, 0.3) is 5.91 Å². The molecule has 2 aromatic rings. The van der Waals surface area contributed by atoms with Crippen molar-refractivity contribution in [3.63, 3.8) is 0 Å². The molecule has 2 N–H and O–H groups in total. The molecule has 3 nitrogen and oxygen atoms in total. The van der Waals surface area contributed by atoms with Crippen molar-refractivity contribution < 1.29 is 22.4 Å². The number of nitrogens with two attached hydrogens (primary N) is 1. The number of primary amides is 1. The Bertz CT molecular complexity index is 668. The number of carbonyl (C=O) groups excluding carboxylic acids is 1. The highest BCUT2D eigenvalue weighted by molar-refractivity contribution is 5.92. The fourth-order valence-electron chi connectivity index (χ4n) is 1.66. The highest BCUT2D eigenvalue weighted by Crippen LogP contribution is 2.33. The number of hydrogen-bond acceptors (Lipinski definition) is 2. The Kier molecular flexibility index (Phi) is 3.44. The molecule has 1 heterocycles. The number of alkyl halides is 3. The van der Waals surface area contributed by atoms with Crippen LogP contribution >= 0.6 is 0 Å². The summed E-state index contributed by atoms with van der Waals surface area (Å²) in [4.78, 5) is 14.6. The van der Waals surface area contributed by atoms with E-state index in [0.29, 0.717) is 12.1 Å². The number of nitrogens with zero attached hydrogens (tertiary/aromatic N) is 1. The molecule has 1 aromatic heterocycles. The van der Waals surface area contributed by atoms with Gasteiger partial charge in [-0.15, -0.1) is 0 Å². The molecule has 2 rings (SSSR count). The van der Waals surface area contributed by atoms with E-state index in [1.807, 2.05) is 0 Å². The molecule has 0 atom stereocenters. The van der Waals surface area contributed by atoms with Gasteiger partial charge < -0.3 is 5.73 Å². The quantitative estimate of drug-likeness (QED) is 0.862. The van der Waals surface area contributed by atoms with Gasteiger partial charge in [0.1, 0.15) is 11.5 Å². The molecule has 0 aliphatic carbocycles. The first-order valence-electron chi connectivity index (χ1n) is 5.42. The first-order valence-corrected chi connectivity index (χ1v) is 5.42. The van der Waals surface area contributed by atoms with E-state index in [1.54, 1.807) is 0 Å². The lowest BCUT2D eigenvalue weighted by Crippen LogP contribution is -2.12. The summed E-state index contributed by atoms with van der Waals surface area (Å²) < 4.78 is 51.5. The molecule has 7 heteroatoms. The fourth-order valence-corrected chi connectivity index (χ4v) is 1.66. The molecule has 20 heavy (non-hydrogen) atoms. The van der Waals surface area contributed by atoms with Gasteiger partial charge in [-0.1, -0.05) is 0 Å². The van der Waals surface area contributed by atoms with Gasteiger partial charge in [-0.25, -0.2) is 4.39 Å². The third-order valence-corrected chi connectivity index (χ3v) is 2.62. The van der Waals surface area contributed by atoms with Crippen molar-refractivity contribution in [3.05, 3.63) is 53.6 Å². The van der Waals surface area contributed by atoms with E-state index in [4.69, 9.17) is 5.73 Å². The van der Waals surface area contributed by atoms with Gasteiger partial charge in [0.15, 0.2) is 0 Å². The SMILES string of the molecule is NC(=O)c1cc(-c2cc(C(F)(F)F)ccc2F)ccn1. The summed E-state index contributed by atoms with van der Waals surface area (Å²) in [6.07, 6.45) is -3.41. The number of rotatable bonds is 2. The molecular formula is C13H8F4N2O. The number of pyridine rings is 1. The van der Waals surface area contributed by atoms with Crippen LogP contribution in [-0.4, -0.2) is 10.9 Å². The molecular weight excluding hydrogens is 276 g/mol. The maximum atomic E-state index is 13.7. The molecule has 1 aromatic carbocycles. The lowest BCUT2D eigenvalue weighted by molar-refractivity contribution is -0.137. The van der Waals surface area contributed by atoms with Crippen LogP contribution in [-0.2, 0) is 6.18 Å². The van der Waals surface area contributed by atoms with Crippen molar-refractivity contribution in [2.24, 2.45) is 5.73 Å². The van der Waals surface area contributed by atoms with E-state index in [1.165, 1.54) is 12.3 Å². The second-order valence-corrected chi connectivity index (χ2v) is 3.99. The number of carbonyl (C=O) groups is 1. The van der Waals surface area contributed by atoms with Gasteiger partial charge >= 0.3 is 6.18 Å². The van der Waals surface area contributed by atoms with Crippen LogP contribution in [0, 0.1) is 5.82 Å². The molecule has 0 aliphatic rings. The van der Waals surface area contributed by atoms with Crippen LogP contribution in [0.15, 0.2) is 36.5 Å². The lowest BCUT2D eigenvalue weighted by atomic mass is 10.0. The molecule has 0 saturated carbocycles. The topological polar surface area (TPSA) is 56.0 Å². The predicted molar refractivity (Wildman–Crippen MR) is 63.2 cm³/mol. The molecule has 0 unspecified atom stereocenters. The minimum Gasteiger partial charge on any atom is -0.364 e. The van der Waals surface area contributed by atoms with E-state index >= 15 is 0 Å². The minimum absolute atomic E-state index is 0.0948. The monoisotopic (exact) mass is 284 g/mol. The van der Waals surface area contributed by atoms with Crippen molar-refractivity contribution in [2.45, 2.75) is 6.18 Å². The van der Waals surface area contributed by atoms with Crippen LogP contribution in [0.25, 0.3) is 11.1 Å². The number of halogens is 4. The molecule has 104 valence electrons. The lowest BCUT2D eigenvalue weighted by Gasteiger charge is -2.10. The fraction of sp³-hybridized carbons (Fsp3) is 0.0769. The molecule has 1 amide bonds. The van der Waals surface area contributed by atoms with Crippen molar-refractivity contribution in [2.75, 3.05) is 0 Å². The first-order chi connectivity index (χ1) is 9.29. The first kappa shape index (κ1) is 14.0. The summed E-state index contributed by atoms with van der Waals surface area (Å²) in [5.41, 5.74) is 3.71. The second kappa shape index (κ2) is 4.92. The smallest absolute Gasteiger partial charge is 0.364 e. The number of benzene rings is 1. The highest BCUT2D eigenvalue weighted by atomic mass is 19.4. The molecule has 0 radical (unpaired) electrons. The summed E-state index contributed by atoms with van der Waals surface area (Å²) in [6, 6.07) is 4.49. The Labute approximate surface area is 111 Å². The number of amides is 1. The van der Waals surface area contributed by atoms with Gasteiger partial charge in [-0.3, -0.25) is 9.78 Å². The van der Waals surface area contributed by atoms with Crippen LogP contribution in [0.2, 0.25) is 0 Å². The zero-order valence-electron chi connectivity index (χ0n) is 9.91. The van der Waals surface area contributed by atoms with Crippen LogP contribution < -0.4 is 5.73 Å². The number of hydrogen-bond donors (Lipinski definition) is 1. The molecule has 0 bridgehead atoms. The predicted octanol–water partition coefficient (Wildman–Crippen LogP) is 3.01. The van der Waals surface area contributed by atoms with E-state index in [9.17, 15) is 22.4 Å². The van der Waals surface area contributed by atoms with Crippen LogP contribution in [0.5, 0.6) is 0 Å². The van der Waals surface area contributed by atoms with E-state index in [0.717, 1.165) is 12.1 Å². The maximum Gasteiger partial charge on any atom is 0.416 e. The Hall–Kier alpha value is -2.44. The third kappa shape index (κ3) is 2.76. The number of aromatic nitrogens is 1. The van der Waals surface area contributed by atoms with Crippen molar-refractivity contribution >= 4 is 5.91 Å². The summed E-state index contributed by atoms with van der Waals surface area (Å²) in [6.45, 7) is 0.